The quantitative estimate of drug-likeness (QED) is 0.545. The van der Waals surface area contributed by atoms with Gasteiger partial charge in [0.05, 0.1) is 11.8 Å². The molecule has 0 fully saturated rings. The molecule has 4 aromatic rings. The number of rotatable bonds is 6. The maximum Gasteiger partial charge on any atom is 0.259 e. The van der Waals surface area contributed by atoms with Crippen LogP contribution < -0.4 is 4.90 Å². The van der Waals surface area contributed by atoms with Crippen molar-refractivity contribution in [2.24, 2.45) is 0 Å². The molecule has 0 bridgehead atoms. The molecule has 1 aliphatic heterocycles. The van der Waals surface area contributed by atoms with Crippen LogP contribution in [0.2, 0.25) is 0 Å². The molecular formula is C22H22N6O. The number of pyridine rings is 1. The second-order valence-electron chi connectivity index (χ2n) is 7.31. The van der Waals surface area contributed by atoms with Crippen molar-refractivity contribution in [1.82, 2.24) is 25.3 Å². The molecular weight excluding hydrogens is 364 g/mol. The highest BCUT2D eigenvalue weighted by Crippen LogP contribution is 2.24. The molecule has 29 heavy (non-hydrogen) atoms. The lowest BCUT2D eigenvalue weighted by atomic mass is 10.1. The Balaban J connectivity index is 1.21. The molecule has 0 spiro atoms. The third-order valence-electron chi connectivity index (χ3n) is 5.30. The number of aromatic nitrogens is 5. The summed E-state index contributed by atoms with van der Waals surface area (Å²) in [6.07, 6.45) is 7.45. The summed E-state index contributed by atoms with van der Waals surface area (Å²) in [6, 6.07) is 14.5. The van der Waals surface area contributed by atoms with Crippen LogP contribution in [0.3, 0.4) is 0 Å². The molecule has 146 valence electrons. The van der Waals surface area contributed by atoms with Crippen LogP contribution in [-0.2, 0) is 25.8 Å². The molecule has 0 unspecified atom stereocenters. The maximum atomic E-state index is 5.45. The first kappa shape index (κ1) is 17.6. The highest BCUT2D eigenvalue weighted by atomic mass is 16.5. The van der Waals surface area contributed by atoms with Crippen LogP contribution in [0.5, 0.6) is 0 Å². The van der Waals surface area contributed by atoms with E-state index in [2.05, 4.69) is 54.5 Å². The van der Waals surface area contributed by atoms with E-state index >= 15 is 0 Å². The van der Waals surface area contributed by atoms with Crippen LogP contribution in [0.1, 0.15) is 29.1 Å². The zero-order valence-corrected chi connectivity index (χ0v) is 16.1. The standard InChI is InChI=1S/C22H22N6O/c1-2-5-16(6-3-1)7-4-8-20-25-22(29-27-20)17-9-10-21(23-13-17)28-12-11-19-18(15-28)14-24-26-19/h1-3,5-6,9-10,13-14H,4,7-8,11-12,15H2,(H,24,26). The fourth-order valence-electron chi connectivity index (χ4n) is 3.69. The Hall–Kier alpha value is -3.48. The van der Waals surface area contributed by atoms with E-state index in [4.69, 9.17) is 4.52 Å². The first-order valence-electron chi connectivity index (χ1n) is 9.94. The number of hydrogen-bond acceptors (Lipinski definition) is 6. The normalized spacial score (nSPS) is 13.4. The molecule has 7 nitrogen and oxygen atoms in total. The summed E-state index contributed by atoms with van der Waals surface area (Å²) in [5.74, 6) is 2.21. The number of anilines is 1. The maximum absolute atomic E-state index is 5.45. The Bertz CT molecular complexity index is 1070. The molecule has 0 saturated heterocycles. The zero-order chi connectivity index (χ0) is 19.5. The molecule has 7 heteroatoms. The number of nitrogens with one attached hydrogen (secondary N) is 1. The van der Waals surface area contributed by atoms with Gasteiger partial charge in [0.2, 0.25) is 0 Å². The van der Waals surface area contributed by atoms with Gasteiger partial charge >= 0.3 is 0 Å². The van der Waals surface area contributed by atoms with E-state index in [1.54, 1.807) is 0 Å². The Labute approximate surface area is 168 Å². The van der Waals surface area contributed by atoms with Gasteiger partial charge < -0.3 is 9.42 Å². The van der Waals surface area contributed by atoms with Crippen molar-refractivity contribution in [3.63, 3.8) is 0 Å². The molecule has 0 saturated carbocycles. The van der Waals surface area contributed by atoms with Gasteiger partial charge in [0.25, 0.3) is 5.89 Å². The Kier molecular flexibility index (Phi) is 4.78. The lowest BCUT2D eigenvalue weighted by Gasteiger charge is -2.27. The van der Waals surface area contributed by atoms with E-state index in [1.165, 1.54) is 16.8 Å². The summed E-state index contributed by atoms with van der Waals surface area (Å²) in [5, 5.41) is 11.3. The van der Waals surface area contributed by atoms with Gasteiger partial charge in [-0.3, -0.25) is 5.10 Å². The van der Waals surface area contributed by atoms with E-state index in [9.17, 15) is 0 Å². The summed E-state index contributed by atoms with van der Waals surface area (Å²) in [6.45, 7) is 1.75. The lowest BCUT2D eigenvalue weighted by molar-refractivity contribution is 0.421. The monoisotopic (exact) mass is 386 g/mol. The molecule has 1 aliphatic rings. The number of nitrogens with zero attached hydrogens (tertiary/aromatic N) is 5. The SMILES string of the molecule is c1ccc(CCCc2noc(-c3ccc(N4CCc5[nH]ncc5C4)nc3)n2)cc1. The summed E-state index contributed by atoms with van der Waals surface area (Å²) in [5.41, 5.74) is 4.63. The average Bonchev–Trinajstić information content (AvgIpc) is 3.44. The van der Waals surface area contributed by atoms with E-state index in [0.29, 0.717) is 5.89 Å². The first-order valence-corrected chi connectivity index (χ1v) is 9.94. The number of hydrogen-bond donors (Lipinski definition) is 1. The van der Waals surface area contributed by atoms with E-state index < -0.39 is 0 Å². The Morgan fingerprint density at radius 3 is 2.83 bits per heavy atom. The van der Waals surface area contributed by atoms with Gasteiger partial charge in [-0.15, -0.1) is 0 Å². The van der Waals surface area contributed by atoms with Crippen LogP contribution in [0.25, 0.3) is 11.5 Å². The first-order chi connectivity index (χ1) is 14.3. The van der Waals surface area contributed by atoms with E-state index in [-0.39, 0.29) is 0 Å². The van der Waals surface area contributed by atoms with Crippen LogP contribution >= 0.6 is 0 Å². The van der Waals surface area contributed by atoms with Crippen LogP contribution in [0, 0.1) is 0 Å². The van der Waals surface area contributed by atoms with Crippen molar-refractivity contribution >= 4 is 5.82 Å². The highest BCUT2D eigenvalue weighted by Gasteiger charge is 2.19. The van der Waals surface area contributed by atoms with Gasteiger partial charge in [-0.25, -0.2) is 4.98 Å². The molecule has 0 radical (unpaired) electrons. The molecule has 0 aliphatic carbocycles. The Morgan fingerprint density at radius 2 is 1.97 bits per heavy atom. The van der Waals surface area contributed by atoms with Crippen LogP contribution in [0.4, 0.5) is 5.82 Å². The Morgan fingerprint density at radius 1 is 1.03 bits per heavy atom. The fourth-order valence-corrected chi connectivity index (χ4v) is 3.69. The smallest absolute Gasteiger partial charge is 0.259 e. The number of aryl methyl sites for hydroxylation is 2. The van der Waals surface area contributed by atoms with Crippen molar-refractivity contribution in [2.45, 2.75) is 32.2 Å². The minimum Gasteiger partial charge on any atom is -0.352 e. The van der Waals surface area contributed by atoms with E-state index in [1.807, 2.05) is 30.6 Å². The topological polar surface area (TPSA) is 83.7 Å². The van der Waals surface area contributed by atoms with Crippen molar-refractivity contribution in [3.8, 4) is 11.5 Å². The second kappa shape index (κ2) is 7.87. The van der Waals surface area contributed by atoms with Crippen LogP contribution in [-0.4, -0.2) is 31.9 Å². The van der Waals surface area contributed by atoms with Gasteiger partial charge in [0.15, 0.2) is 5.82 Å². The van der Waals surface area contributed by atoms with Gasteiger partial charge in [-0.2, -0.15) is 10.1 Å². The summed E-state index contributed by atoms with van der Waals surface area (Å²) in [4.78, 5) is 11.4. The average molecular weight is 386 g/mol. The van der Waals surface area contributed by atoms with Crippen molar-refractivity contribution in [1.29, 1.82) is 0 Å². The number of H-pyrrole nitrogens is 1. The predicted molar refractivity (Wildman–Crippen MR) is 109 cm³/mol. The third kappa shape index (κ3) is 3.89. The highest BCUT2D eigenvalue weighted by molar-refractivity contribution is 5.55. The van der Waals surface area contributed by atoms with Gasteiger partial charge in [-0.05, 0) is 30.5 Å². The van der Waals surface area contributed by atoms with Crippen molar-refractivity contribution in [3.05, 3.63) is 77.5 Å². The van der Waals surface area contributed by atoms with Gasteiger partial charge in [-0.1, -0.05) is 35.5 Å². The van der Waals surface area contributed by atoms with Gasteiger partial charge in [0.1, 0.15) is 5.82 Å². The minimum absolute atomic E-state index is 0.523. The molecule has 1 aromatic carbocycles. The number of aromatic amines is 1. The summed E-state index contributed by atoms with van der Waals surface area (Å²) in [7, 11) is 0. The zero-order valence-electron chi connectivity index (χ0n) is 16.1. The predicted octanol–water partition coefficient (Wildman–Crippen LogP) is 3.59. The molecule has 4 heterocycles. The molecule has 0 atom stereocenters. The molecule has 3 aromatic heterocycles. The molecule has 1 N–H and O–H groups in total. The number of fused-ring (bicyclic) bond motifs is 1. The second-order valence-corrected chi connectivity index (χ2v) is 7.31. The molecule has 5 rings (SSSR count). The third-order valence-corrected chi connectivity index (χ3v) is 5.30. The largest absolute Gasteiger partial charge is 0.352 e. The fraction of sp³-hybridized carbons (Fsp3) is 0.273. The van der Waals surface area contributed by atoms with Gasteiger partial charge in [0, 0.05) is 43.4 Å². The summed E-state index contributed by atoms with van der Waals surface area (Å²) >= 11 is 0. The molecule has 0 amide bonds. The van der Waals surface area contributed by atoms with Crippen LogP contribution in [0.15, 0.2) is 59.4 Å². The minimum atomic E-state index is 0.523. The summed E-state index contributed by atoms with van der Waals surface area (Å²) < 4.78 is 5.45. The van der Waals surface area contributed by atoms with Crippen molar-refractivity contribution in [2.75, 3.05) is 11.4 Å². The lowest BCUT2D eigenvalue weighted by Crippen LogP contribution is -2.30. The van der Waals surface area contributed by atoms with Crippen molar-refractivity contribution < 1.29 is 4.52 Å². The van der Waals surface area contributed by atoms with E-state index in [0.717, 1.165) is 56.0 Å². The number of benzene rings is 1.